The average molecular weight is 519 g/mol. The van der Waals surface area contributed by atoms with Gasteiger partial charge < -0.3 is 15.2 Å². The molecule has 1 aliphatic heterocycles. The van der Waals surface area contributed by atoms with E-state index in [1.54, 1.807) is 91.0 Å². The lowest BCUT2D eigenvalue weighted by Crippen LogP contribution is -2.45. The number of aromatic amines is 1. The maximum atomic E-state index is 13.8. The van der Waals surface area contributed by atoms with Crippen LogP contribution in [0.4, 0.5) is 16.4 Å². The largest absolute Gasteiger partial charge is 0.465 e. The average Bonchev–Trinajstić information content (AvgIpc) is 3.49. The number of aliphatic hydroxyl groups is 1. The Kier molecular flexibility index (Phi) is 5.51. The van der Waals surface area contributed by atoms with Gasteiger partial charge in [0, 0.05) is 40.6 Å². The fraction of sp³-hybridized carbons (Fsp3) is 0.0667. The van der Waals surface area contributed by atoms with Gasteiger partial charge in [-0.15, -0.1) is 0 Å². The highest BCUT2D eigenvalue weighted by Crippen LogP contribution is 2.45. The van der Waals surface area contributed by atoms with Crippen LogP contribution in [0.5, 0.6) is 0 Å². The van der Waals surface area contributed by atoms with Crippen molar-refractivity contribution in [2.45, 2.75) is 5.72 Å². The molecule has 1 aromatic heterocycles. The Labute approximate surface area is 222 Å². The number of imidazole rings is 1. The van der Waals surface area contributed by atoms with Crippen LogP contribution in [0.2, 0.25) is 0 Å². The molecule has 2 heterocycles. The lowest BCUT2D eigenvalue weighted by atomic mass is 9.93. The minimum Gasteiger partial charge on any atom is -0.465 e. The summed E-state index contributed by atoms with van der Waals surface area (Å²) in [5, 5.41) is 21.7. The predicted molar refractivity (Wildman–Crippen MR) is 145 cm³/mol. The Morgan fingerprint density at radius 1 is 0.897 bits per heavy atom. The molecule has 2 amide bonds. The summed E-state index contributed by atoms with van der Waals surface area (Å²) in [5.41, 5.74) is 1.33. The molecule has 0 saturated carbocycles. The molecule has 4 aromatic carbocycles. The Bertz CT molecular complexity index is 1780. The molecule has 0 spiro atoms. The number of aromatic nitrogens is 2. The second kappa shape index (κ2) is 8.93. The van der Waals surface area contributed by atoms with Gasteiger partial charge in [-0.25, -0.2) is 9.78 Å². The van der Waals surface area contributed by atoms with Crippen molar-refractivity contribution in [2.75, 3.05) is 16.8 Å². The number of carboxylic acid groups (broad SMARTS) is 1. The molecule has 0 radical (unpaired) electrons. The zero-order valence-electron chi connectivity index (χ0n) is 20.7. The number of nitrogens with zero attached hydrogens (tertiary/aromatic N) is 3. The second-order valence-corrected chi connectivity index (χ2v) is 9.24. The van der Waals surface area contributed by atoms with Crippen LogP contribution in [0.3, 0.4) is 0 Å². The van der Waals surface area contributed by atoms with Gasteiger partial charge in [0.25, 0.3) is 5.91 Å². The quantitative estimate of drug-likeness (QED) is 0.288. The van der Waals surface area contributed by atoms with Crippen LogP contribution in [-0.2, 0) is 5.72 Å². The summed E-state index contributed by atoms with van der Waals surface area (Å²) >= 11 is 0. The Hall–Kier alpha value is -5.28. The van der Waals surface area contributed by atoms with Crippen LogP contribution in [0.25, 0.3) is 11.0 Å². The SMILES string of the molecule is CN(C(=O)O)c1nc2cc(C3(O)c4ccccc4C(=O)N3c3cccc(C(=O)c4ccccc4)c3)ccc2[nH]1. The van der Waals surface area contributed by atoms with E-state index in [1.165, 1.54) is 11.9 Å². The summed E-state index contributed by atoms with van der Waals surface area (Å²) in [6.45, 7) is 0. The molecule has 1 unspecified atom stereocenters. The third-order valence-corrected chi connectivity index (χ3v) is 6.94. The molecule has 0 fully saturated rings. The topological polar surface area (TPSA) is 127 Å². The second-order valence-electron chi connectivity index (χ2n) is 9.24. The Balaban J connectivity index is 1.49. The highest BCUT2D eigenvalue weighted by molar-refractivity contribution is 6.14. The number of rotatable bonds is 5. The van der Waals surface area contributed by atoms with Gasteiger partial charge in [0.1, 0.15) is 0 Å². The molecule has 39 heavy (non-hydrogen) atoms. The molecule has 1 atom stereocenters. The van der Waals surface area contributed by atoms with Crippen molar-refractivity contribution in [1.29, 1.82) is 0 Å². The van der Waals surface area contributed by atoms with Gasteiger partial charge in [-0.2, -0.15) is 0 Å². The number of carbonyl (C=O) groups is 3. The van der Waals surface area contributed by atoms with Crippen molar-refractivity contribution in [3.8, 4) is 0 Å². The summed E-state index contributed by atoms with van der Waals surface area (Å²) in [6, 6.07) is 27.2. The monoisotopic (exact) mass is 518 g/mol. The van der Waals surface area contributed by atoms with Crippen LogP contribution in [0.1, 0.15) is 37.4 Å². The number of hydrogen-bond acceptors (Lipinski definition) is 5. The van der Waals surface area contributed by atoms with E-state index in [9.17, 15) is 24.6 Å². The normalized spacial score (nSPS) is 16.4. The van der Waals surface area contributed by atoms with E-state index in [2.05, 4.69) is 9.97 Å². The summed E-state index contributed by atoms with van der Waals surface area (Å²) in [5.74, 6) is -0.516. The van der Waals surface area contributed by atoms with E-state index in [1.807, 2.05) is 6.07 Å². The first-order valence-corrected chi connectivity index (χ1v) is 12.1. The van der Waals surface area contributed by atoms with Crippen molar-refractivity contribution < 1.29 is 24.6 Å². The maximum absolute atomic E-state index is 13.8. The smallest absolute Gasteiger partial charge is 0.413 e. The van der Waals surface area contributed by atoms with E-state index in [4.69, 9.17) is 0 Å². The minimum atomic E-state index is -1.92. The highest BCUT2D eigenvalue weighted by atomic mass is 16.4. The third-order valence-electron chi connectivity index (χ3n) is 6.94. The molecule has 0 bridgehead atoms. The number of anilines is 2. The number of ketones is 1. The number of H-pyrrole nitrogens is 1. The first kappa shape index (κ1) is 24.1. The number of hydrogen-bond donors (Lipinski definition) is 3. The maximum Gasteiger partial charge on any atom is 0.413 e. The van der Waals surface area contributed by atoms with Crippen LogP contribution in [0, 0.1) is 0 Å². The number of fused-ring (bicyclic) bond motifs is 2. The molecular formula is C30H22N4O5. The molecule has 192 valence electrons. The van der Waals surface area contributed by atoms with E-state index < -0.39 is 17.7 Å². The molecule has 5 aromatic rings. The Morgan fingerprint density at radius 2 is 1.62 bits per heavy atom. The van der Waals surface area contributed by atoms with Gasteiger partial charge in [-0.3, -0.25) is 19.4 Å². The molecule has 0 aliphatic carbocycles. The van der Waals surface area contributed by atoms with Crippen molar-refractivity contribution in [3.63, 3.8) is 0 Å². The van der Waals surface area contributed by atoms with Gasteiger partial charge in [0.05, 0.1) is 11.0 Å². The zero-order valence-corrected chi connectivity index (χ0v) is 20.7. The fourth-order valence-corrected chi connectivity index (χ4v) is 4.95. The molecule has 3 N–H and O–H groups in total. The number of carbonyl (C=O) groups excluding carboxylic acids is 2. The number of nitrogens with one attached hydrogen (secondary N) is 1. The van der Waals surface area contributed by atoms with E-state index in [0.29, 0.717) is 44.5 Å². The van der Waals surface area contributed by atoms with Crippen LogP contribution >= 0.6 is 0 Å². The highest BCUT2D eigenvalue weighted by Gasteiger charge is 2.50. The molecule has 9 nitrogen and oxygen atoms in total. The van der Waals surface area contributed by atoms with Gasteiger partial charge in [0.2, 0.25) is 5.95 Å². The summed E-state index contributed by atoms with van der Waals surface area (Å²) < 4.78 is 0. The summed E-state index contributed by atoms with van der Waals surface area (Å²) in [6.07, 6.45) is -1.18. The number of benzene rings is 4. The minimum absolute atomic E-state index is 0.119. The van der Waals surface area contributed by atoms with Crippen LogP contribution in [0.15, 0.2) is 97.1 Å². The van der Waals surface area contributed by atoms with Gasteiger partial charge >= 0.3 is 6.09 Å². The first-order valence-electron chi connectivity index (χ1n) is 12.1. The molecule has 6 rings (SSSR count). The molecule has 9 heteroatoms. The summed E-state index contributed by atoms with van der Waals surface area (Å²) in [7, 11) is 1.37. The predicted octanol–water partition coefficient (Wildman–Crippen LogP) is 4.76. The zero-order chi connectivity index (χ0) is 27.3. The van der Waals surface area contributed by atoms with E-state index >= 15 is 0 Å². The van der Waals surface area contributed by atoms with Crippen molar-refractivity contribution in [3.05, 3.63) is 125 Å². The van der Waals surface area contributed by atoms with Crippen molar-refractivity contribution in [2.24, 2.45) is 0 Å². The van der Waals surface area contributed by atoms with Crippen LogP contribution in [-0.4, -0.2) is 45.0 Å². The molecular weight excluding hydrogens is 496 g/mol. The lowest BCUT2D eigenvalue weighted by molar-refractivity contribution is 0.0703. The summed E-state index contributed by atoms with van der Waals surface area (Å²) in [4.78, 5) is 47.9. The van der Waals surface area contributed by atoms with E-state index in [-0.39, 0.29) is 11.7 Å². The van der Waals surface area contributed by atoms with Gasteiger partial charge in [0.15, 0.2) is 11.5 Å². The molecule has 1 aliphatic rings. The Morgan fingerprint density at radius 3 is 2.38 bits per heavy atom. The lowest BCUT2D eigenvalue weighted by Gasteiger charge is -2.35. The van der Waals surface area contributed by atoms with Gasteiger partial charge in [-0.05, 0) is 30.3 Å². The van der Waals surface area contributed by atoms with Crippen molar-refractivity contribution >= 4 is 40.5 Å². The van der Waals surface area contributed by atoms with Crippen LogP contribution < -0.4 is 9.80 Å². The fourth-order valence-electron chi connectivity index (χ4n) is 4.95. The number of amides is 2. The van der Waals surface area contributed by atoms with Crippen molar-refractivity contribution in [1.82, 2.24) is 9.97 Å². The van der Waals surface area contributed by atoms with Gasteiger partial charge in [-0.1, -0.05) is 66.7 Å². The first-order chi connectivity index (χ1) is 18.8. The molecule has 0 saturated heterocycles. The van der Waals surface area contributed by atoms with E-state index in [0.717, 1.165) is 4.90 Å². The standard InChI is InChI=1S/C30H22N4O5/c1-33(29(37)38)28-31-24-15-14-20(17-25(24)32-28)30(39)23-13-6-5-12-22(23)27(36)34(30)21-11-7-10-19(16-21)26(35)18-8-3-2-4-9-18/h2-17,39H,1H3,(H,31,32)(H,37,38). The third kappa shape index (κ3) is 3.75.